The topological polar surface area (TPSA) is 102 Å². The Morgan fingerprint density at radius 3 is 2.77 bits per heavy atom. The fourth-order valence-corrected chi connectivity index (χ4v) is 4.47. The molecule has 8 nitrogen and oxygen atoms in total. The number of anilines is 1. The van der Waals surface area contributed by atoms with E-state index in [0.717, 1.165) is 35.1 Å². The van der Waals surface area contributed by atoms with Crippen LogP contribution in [0.2, 0.25) is 0 Å². The average Bonchev–Trinajstić information content (AvgIpc) is 3.53. The van der Waals surface area contributed by atoms with Crippen LogP contribution in [0.3, 0.4) is 0 Å². The second kappa shape index (κ2) is 8.64. The normalized spacial score (nSPS) is 15.4. The molecule has 4 aromatic rings. The maximum absolute atomic E-state index is 12.5. The Morgan fingerprint density at radius 1 is 1.23 bits per heavy atom. The summed E-state index contributed by atoms with van der Waals surface area (Å²) in [5, 5.41) is 17.0. The first-order chi connectivity index (χ1) is 16.7. The van der Waals surface area contributed by atoms with Gasteiger partial charge in [-0.25, -0.2) is 0 Å². The van der Waals surface area contributed by atoms with E-state index in [-0.39, 0.29) is 24.0 Å². The van der Waals surface area contributed by atoms with Crippen molar-refractivity contribution in [3.05, 3.63) is 48.2 Å². The van der Waals surface area contributed by atoms with Crippen molar-refractivity contribution >= 4 is 22.6 Å². The molecule has 0 fully saturated rings. The van der Waals surface area contributed by atoms with Crippen LogP contribution >= 0.6 is 0 Å². The van der Waals surface area contributed by atoms with Crippen LogP contribution in [0, 0.1) is 0 Å². The fraction of sp³-hybridized carbons (Fsp3) is 0.292. The molecule has 3 heterocycles. The van der Waals surface area contributed by atoms with E-state index in [4.69, 9.17) is 9.26 Å². The molecule has 11 heteroatoms. The highest BCUT2D eigenvalue weighted by molar-refractivity contribution is 5.86. The summed E-state index contributed by atoms with van der Waals surface area (Å²) in [6.07, 6.45) is -3.53. The molecule has 2 N–H and O–H groups in total. The standard InChI is InChI=1S/C24H21F3N4O4/c1-28-17-9-15(3-5-20(17)34-12-24(25,26)27)23-29-22(30-35-23)14-2-4-18-16(8-14)10-19-13(11-21(32)33)6-7-31(18)19/h2-5,8-10,13,28H,6-7,11-12H2,1H3,(H,32,33)/t13-/m1/s1. The number of carbonyl (C=O) groups is 1. The molecule has 0 saturated carbocycles. The molecule has 1 atom stereocenters. The summed E-state index contributed by atoms with van der Waals surface area (Å²) in [7, 11) is 1.57. The van der Waals surface area contributed by atoms with Crippen molar-refractivity contribution in [2.75, 3.05) is 19.0 Å². The van der Waals surface area contributed by atoms with Crippen molar-refractivity contribution in [1.82, 2.24) is 14.7 Å². The van der Waals surface area contributed by atoms with Crippen LogP contribution in [0.25, 0.3) is 33.7 Å². The molecule has 0 saturated heterocycles. The van der Waals surface area contributed by atoms with Crippen molar-refractivity contribution < 1.29 is 32.3 Å². The van der Waals surface area contributed by atoms with Gasteiger partial charge in [0.05, 0.1) is 12.1 Å². The van der Waals surface area contributed by atoms with Gasteiger partial charge in [0.25, 0.3) is 5.89 Å². The largest absolute Gasteiger partial charge is 0.482 e. The highest BCUT2D eigenvalue weighted by Gasteiger charge is 2.29. The molecule has 5 rings (SSSR count). The molecule has 0 aliphatic carbocycles. The first kappa shape index (κ1) is 22.8. The van der Waals surface area contributed by atoms with Gasteiger partial charge in [-0.2, -0.15) is 18.2 Å². The fourth-order valence-electron chi connectivity index (χ4n) is 4.47. The van der Waals surface area contributed by atoms with Crippen molar-refractivity contribution in [2.24, 2.45) is 0 Å². The summed E-state index contributed by atoms with van der Waals surface area (Å²) in [5.41, 5.74) is 3.64. The molecule has 35 heavy (non-hydrogen) atoms. The lowest BCUT2D eigenvalue weighted by Gasteiger charge is -2.13. The Bertz CT molecular complexity index is 1410. The Labute approximate surface area is 197 Å². The molecule has 0 amide bonds. The summed E-state index contributed by atoms with van der Waals surface area (Å²) in [6, 6.07) is 12.3. The third-order valence-corrected chi connectivity index (χ3v) is 6.05. The van der Waals surface area contributed by atoms with E-state index in [0.29, 0.717) is 17.1 Å². The van der Waals surface area contributed by atoms with Crippen LogP contribution in [0.4, 0.5) is 18.9 Å². The maximum atomic E-state index is 12.5. The number of fused-ring (bicyclic) bond motifs is 3. The van der Waals surface area contributed by atoms with Gasteiger partial charge in [0, 0.05) is 47.2 Å². The van der Waals surface area contributed by atoms with Crippen LogP contribution in [0.15, 0.2) is 47.0 Å². The lowest BCUT2D eigenvalue weighted by molar-refractivity contribution is -0.153. The van der Waals surface area contributed by atoms with Gasteiger partial charge in [0.1, 0.15) is 5.75 Å². The minimum atomic E-state index is -4.44. The SMILES string of the molecule is CNc1cc(-c2nc(-c3ccc4c(c3)cc3n4CC[C@@H]3CC(=O)O)no2)ccc1OCC(F)(F)F. The average molecular weight is 486 g/mol. The van der Waals surface area contributed by atoms with Crippen LogP contribution in [-0.2, 0) is 11.3 Å². The van der Waals surface area contributed by atoms with E-state index in [1.807, 2.05) is 24.3 Å². The number of aromatic nitrogens is 3. The predicted molar refractivity (Wildman–Crippen MR) is 121 cm³/mol. The van der Waals surface area contributed by atoms with Gasteiger partial charge in [0.2, 0.25) is 5.82 Å². The van der Waals surface area contributed by atoms with Crippen LogP contribution < -0.4 is 10.1 Å². The monoisotopic (exact) mass is 486 g/mol. The number of benzene rings is 2. The first-order valence-electron chi connectivity index (χ1n) is 10.9. The highest BCUT2D eigenvalue weighted by atomic mass is 19.4. The molecule has 2 aromatic heterocycles. The number of hydrogen-bond donors (Lipinski definition) is 2. The molecule has 1 aliphatic rings. The minimum absolute atomic E-state index is 0.00965. The second-order valence-electron chi connectivity index (χ2n) is 8.37. The maximum Gasteiger partial charge on any atom is 0.422 e. The quantitative estimate of drug-likeness (QED) is 0.365. The molecule has 0 spiro atoms. The zero-order valence-corrected chi connectivity index (χ0v) is 18.6. The van der Waals surface area contributed by atoms with E-state index in [2.05, 4.69) is 20.0 Å². The number of aryl methyl sites for hydroxylation is 1. The van der Waals surface area contributed by atoms with Crippen molar-refractivity contribution in [3.8, 4) is 28.6 Å². The molecule has 0 unspecified atom stereocenters. The lowest BCUT2D eigenvalue weighted by atomic mass is 10.0. The number of aliphatic carboxylic acids is 1. The van der Waals surface area contributed by atoms with Gasteiger partial charge in [-0.1, -0.05) is 5.16 Å². The summed E-state index contributed by atoms with van der Waals surface area (Å²) in [6.45, 7) is -0.617. The van der Waals surface area contributed by atoms with Gasteiger partial charge >= 0.3 is 12.1 Å². The number of halogens is 3. The van der Waals surface area contributed by atoms with Crippen molar-refractivity contribution in [3.63, 3.8) is 0 Å². The Morgan fingerprint density at radius 2 is 2.03 bits per heavy atom. The van der Waals surface area contributed by atoms with E-state index in [1.165, 1.54) is 6.07 Å². The van der Waals surface area contributed by atoms with Gasteiger partial charge in [0.15, 0.2) is 6.61 Å². The number of carboxylic acid groups (broad SMARTS) is 1. The van der Waals surface area contributed by atoms with E-state index < -0.39 is 18.8 Å². The molecule has 1 aliphatic heterocycles. The van der Waals surface area contributed by atoms with Crippen LogP contribution in [0.5, 0.6) is 5.75 Å². The Hall–Kier alpha value is -4.02. The molecule has 2 aromatic carbocycles. The third kappa shape index (κ3) is 4.53. The lowest BCUT2D eigenvalue weighted by Crippen LogP contribution is -2.19. The van der Waals surface area contributed by atoms with Crippen molar-refractivity contribution in [1.29, 1.82) is 0 Å². The number of nitrogens with one attached hydrogen (secondary N) is 1. The van der Waals surface area contributed by atoms with E-state index in [9.17, 15) is 23.1 Å². The smallest absolute Gasteiger partial charge is 0.422 e. The Balaban J connectivity index is 1.40. The number of alkyl halides is 3. The highest BCUT2D eigenvalue weighted by Crippen LogP contribution is 2.38. The second-order valence-corrected chi connectivity index (χ2v) is 8.37. The van der Waals surface area contributed by atoms with Crippen LogP contribution in [-0.4, -0.2) is 45.6 Å². The molecule has 0 radical (unpaired) electrons. The van der Waals surface area contributed by atoms with Gasteiger partial charge in [-0.15, -0.1) is 0 Å². The Kier molecular flexibility index (Phi) is 5.62. The molecule has 0 bridgehead atoms. The molecule has 182 valence electrons. The predicted octanol–water partition coefficient (Wildman–Crippen LogP) is 5.30. The van der Waals surface area contributed by atoms with E-state index in [1.54, 1.807) is 19.2 Å². The summed E-state index contributed by atoms with van der Waals surface area (Å²) in [4.78, 5) is 15.6. The number of hydrogen-bond acceptors (Lipinski definition) is 6. The van der Waals surface area contributed by atoms with E-state index >= 15 is 0 Å². The zero-order valence-electron chi connectivity index (χ0n) is 18.6. The molecular formula is C24H21F3N4O4. The zero-order chi connectivity index (χ0) is 24.7. The summed E-state index contributed by atoms with van der Waals surface area (Å²) in [5.74, 6) is -0.194. The third-order valence-electron chi connectivity index (χ3n) is 6.05. The van der Waals surface area contributed by atoms with Gasteiger partial charge < -0.3 is 24.3 Å². The number of rotatable bonds is 7. The number of carboxylic acids is 1. The van der Waals surface area contributed by atoms with Crippen LogP contribution in [0.1, 0.15) is 24.5 Å². The number of nitrogens with zero attached hydrogens (tertiary/aromatic N) is 3. The minimum Gasteiger partial charge on any atom is -0.482 e. The summed E-state index contributed by atoms with van der Waals surface area (Å²) < 4.78 is 49.9. The van der Waals surface area contributed by atoms with Gasteiger partial charge in [-0.3, -0.25) is 4.79 Å². The first-order valence-corrected chi connectivity index (χ1v) is 10.9. The number of ether oxygens (including phenoxy) is 1. The summed E-state index contributed by atoms with van der Waals surface area (Å²) >= 11 is 0. The molecular weight excluding hydrogens is 465 g/mol. The van der Waals surface area contributed by atoms with Crippen molar-refractivity contribution in [2.45, 2.75) is 31.5 Å². The van der Waals surface area contributed by atoms with Gasteiger partial charge in [-0.05, 0) is 48.9 Å².